The number of phenolic OH excluding ortho intramolecular Hbond substituents is 1. The molecule has 3 rings (SSSR count). The lowest BCUT2D eigenvalue weighted by atomic mass is 9.83. The number of imide groups is 1. The Balaban J connectivity index is 1.92. The number of nitrogens with zero attached hydrogens (tertiary/aromatic N) is 1. The Bertz CT molecular complexity index is 4710. The summed E-state index contributed by atoms with van der Waals surface area (Å²) in [5.74, 6) is -29.9. The van der Waals surface area contributed by atoms with Crippen LogP contribution in [0.5, 0.6) is 5.75 Å². The summed E-state index contributed by atoms with van der Waals surface area (Å²) < 4.78 is 32.2. The second-order valence-electron chi connectivity index (χ2n) is 37.7. The van der Waals surface area contributed by atoms with Crippen LogP contribution in [0.25, 0.3) is 0 Å². The predicted octanol–water partition coefficient (Wildman–Crippen LogP) is 2.15. The van der Waals surface area contributed by atoms with E-state index in [2.05, 4.69) is 47.9 Å². The monoisotopic (exact) mass is 2010 g/mol. The lowest BCUT2D eigenvalue weighted by Gasteiger charge is -2.30. The number of nitrogens with two attached hydrogens (primary N) is 4. The number of carboxylic acid groups (broad SMARTS) is 3. The van der Waals surface area contributed by atoms with Crippen molar-refractivity contribution in [3.8, 4) is 5.75 Å². The van der Waals surface area contributed by atoms with Crippen molar-refractivity contribution in [2.45, 2.75) is 321 Å². The van der Waals surface area contributed by atoms with Crippen molar-refractivity contribution in [2.24, 2.45) is 82.1 Å². The van der Waals surface area contributed by atoms with Crippen LogP contribution < -0.4 is 70.8 Å². The highest BCUT2D eigenvalue weighted by Gasteiger charge is 2.49. The molecule has 0 spiro atoms. The number of hydrogen-bond acceptors (Lipinski definition) is 29. The van der Waals surface area contributed by atoms with Gasteiger partial charge in [-0.05, 0) is 144 Å². The average Bonchev–Trinajstić information content (AvgIpc) is 1.66. The zero-order valence-electron chi connectivity index (χ0n) is 82.0. The topological polar surface area (TPSA) is 773 Å². The van der Waals surface area contributed by atoms with E-state index in [9.17, 15) is 130 Å². The first-order valence-corrected chi connectivity index (χ1v) is 49.4. The molecule has 2 aromatic carbocycles. The highest BCUT2D eigenvalue weighted by molar-refractivity contribution is 7.87. The van der Waals surface area contributed by atoms with Crippen molar-refractivity contribution < 1.29 is 140 Å². The van der Waals surface area contributed by atoms with Gasteiger partial charge in [-0.15, -0.1) is 5.06 Å². The van der Waals surface area contributed by atoms with Crippen LogP contribution in [0.3, 0.4) is 0 Å². The molecule has 1 saturated heterocycles. The van der Waals surface area contributed by atoms with Gasteiger partial charge in [0.2, 0.25) is 41.4 Å². The molecule has 1 unspecified atom stereocenters. The fourth-order valence-electron chi connectivity index (χ4n) is 16.2. The minimum atomic E-state index is -4.96. The van der Waals surface area contributed by atoms with Crippen LogP contribution in [0, 0.1) is 70.0 Å². The molecular weight excluding hydrogens is 1860 g/mol. The third-order valence-electron chi connectivity index (χ3n) is 24.3. The van der Waals surface area contributed by atoms with E-state index < -0.39 is 311 Å². The van der Waals surface area contributed by atoms with Gasteiger partial charge in [0.25, 0.3) is 21.9 Å². The number of aliphatic carboxylic acids is 3. The van der Waals surface area contributed by atoms with E-state index in [4.69, 9.17) is 38.6 Å². The van der Waals surface area contributed by atoms with E-state index in [1.165, 1.54) is 38.1 Å². The standard InChI is InChI=1S/C95H148N16O29S/c1-11-54(8)65(90(132)105-67(35-36-81(123)124)71(115)43-59(26-21-37-102-94(98)99)86(128)108-69(42-58-31-33-63(114)34-32-58)73(117)44-60(93(135)136)25-19-20-28-78(96)97)48-76(120)85(56(10)113)110-89(131)64(53(6)7)47-75(119)84(55(9)112)109-88(130)62(41-57-23-15-14-16-24-57)46-74(118)68(40-52(4)5)107-87(129)61(39-51(2)3)45-72(116)66(27-22-38-103-95(100)101)106-91(133)70(49-82(125)126)104-79(121)29-17-12-13-18-30-83(127)140-111-80(122)50-77(92(111)134)141(137,138)139/h14-16,23-24,31-34,51-56,59-62,64-70,77-78,84-85,112-114H,11-13,17-22,25-30,35-50,96-97H2,1-10H3,(H,104,121)(H,105,132)(H,106,133)(H,107,129)(H,108,128)(H,109,130)(H,110,131)(H,123,124)(H,125,126)(H,135,136)(H4,98,99,102)(H4,100,101,103)(H,137,138,139)/t54-,55+,56+,59+,60+,61+,62+,64-,65-,66-,67-,68-,69-,70-,77?,84-,85-/m0/s1. The lowest BCUT2D eigenvalue weighted by Crippen LogP contribution is -2.54. The summed E-state index contributed by atoms with van der Waals surface area (Å²) in [6, 6.07) is 2.82. The molecule has 1 fully saturated rings. The largest absolute Gasteiger partial charge is 0.508 e. The summed E-state index contributed by atoms with van der Waals surface area (Å²) >= 11 is 0. The fourth-order valence-corrected chi connectivity index (χ4v) is 16.9. The van der Waals surface area contributed by atoms with Crippen molar-refractivity contribution >= 4 is 134 Å². The van der Waals surface area contributed by atoms with Gasteiger partial charge in [-0.3, -0.25) is 102 Å². The minimum Gasteiger partial charge on any atom is -0.508 e. The Hall–Kier alpha value is -12.1. The number of aromatic hydroxyl groups is 1. The van der Waals surface area contributed by atoms with Crippen LogP contribution in [0.15, 0.2) is 54.6 Å². The second kappa shape index (κ2) is 62.2. The van der Waals surface area contributed by atoms with E-state index in [1.54, 1.807) is 85.7 Å². The molecular formula is C95H148N16O29S. The zero-order chi connectivity index (χ0) is 106. The van der Waals surface area contributed by atoms with Crippen LogP contribution in [-0.2, 0) is 119 Å². The lowest BCUT2D eigenvalue weighted by molar-refractivity contribution is -0.197. The minimum absolute atomic E-state index is 0.00256. The van der Waals surface area contributed by atoms with Crippen molar-refractivity contribution in [1.82, 2.24) is 52.9 Å². The van der Waals surface area contributed by atoms with Gasteiger partial charge in [0, 0.05) is 100 Å². The van der Waals surface area contributed by atoms with Gasteiger partial charge in [0.05, 0.1) is 61.3 Å². The molecule has 141 heavy (non-hydrogen) atoms. The molecule has 9 amide bonds. The summed E-state index contributed by atoms with van der Waals surface area (Å²) in [6.07, 6.45) is -9.93. The number of hydroxylamine groups is 2. The maximum absolute atomic E-state index is 15.0. The van der Waals surface area contributed by atoms with E-state index in [0.717, 1.165) is 0 Å². The Kier molecular flexibility index (Phi) is 54.3. The highest BCUT2D eigenvalue weighted by Crippen LogP contribution is 2.30. The summed E-state index contributed by atoms with van der Waals surface area (Å²) in [5.41, 5.74) is 23.4. The van der Waals surface area contributed by atoms with Crippen LogP contribution >= 0.6 is 0 Å². The van der Waals surface area contributed by atoms with E-state index >= 15 is 4.79 Å². The molecule has 0 aromatic heterocycles. The first-order chi connectivity index (χ1) is 66.0. The summed E-state index contributed by atoms with van der Waals surface area (Å²) in [4.78, 5) is 268. The number of carboxylic acids is 3. The Morgan fingerprint density at radius 2 is 0.922 bits per heavy atom. The van der Waals surface area contributed by atoms with Crippen LogP contribution in [0.1, 0.15) is 254 Å². The molecule has 2 aromatic rings. The van der Waals surface area contributed by atoms with Crippen molar-refractivity contribution in [3.63, 3.8) is 0 Å². The second-order valence-corrected chi connectivity index (χ2v) is 39.3. The Morgan fingerprint density at radius 3 is 1.44 bits per heavy atom. The normalized spacial score (nSPS) is 16.1. The van der Waals surface area contributed by atoms with E-state index in [1.807, 2.05) is 0 Å². The zero-order valence-corrected chi connectivity index (χ0v) is 82.8. The van der Waals surface area contributed by atoms with Crippen LogP contribution in [0.4, 0.5) is 0 Å². The summed E-state index contributed by atoms with van der Waals surface area (Å²) in [6.45, 7) is 15.8. The number of rotatable bonds is 72. The third-order valence-corrected chi connectivity index (χ3v) is 25.4. The van der Waals surface area contributed by atoms with Crippen molar-refractivity contribution in [1.29, 1.82) is 10.8 Å². The first-order valence-electron chi connectivity index (χ1n) is 47.9. The number of hydrogen-bond donors (Lipinski definition) is 22. The third kappa shape index (κ3) is 46.4. The molecule has 46 heteroatoms. The number of guanidine groups is 2. The molecule has 788 valence electrons. The molecule has 45 nitrogen and oxygen atoms in total. The number of carbonyl (C=O) groups excluding carboxylic acids is 16. The van der Waals surface area contributed by atoms with Gasteiger partial charge >= 0.3 is 23.9 Å². The van der Waals surface area contributed by atoms with Crippen LogP contribution in [0.2, 0.25) is 0 Å². The Morgan fingerprint density at radius 1 is 0.461 bits per heavy atom. The maximum Gasteiger partial charge on any atom is 0.333 e. The van der Waals surface area contributed by atoms with E-state index in [-0.39, 0.29) is 138 Å². The molecule has 0 bridgehead atoms. The number of aliphatic hydroxyl groups excluding tert-OH is 2. The van der Waals surface area contributed by atoms with Crippen molar-refractivity contribution in [3.05, 3.63) is 65.7 Å². The number of aliphatic hydroxyl groups is 2. The molecule has 1 heterocycles. The molecule has 26 N–H and O–H groups in total. The number of benzene rings is 2. The molecule has 1 aliphatic rings. The van der Waals surface area contributed by atoms with Gasteiger partial charge in [0.15, 0.2) is 51.9 Å². The molecule has 0 aliphatic carbocycles. The van der Waals surface area contributed by atoms with Gasteiger partial charge in [-0.1, -0.05) is 130 Å². The van der Waals surface area contributed by atoms with E-state index in [0.29, 0.717) is 30.4 Å². The van der Waals surface area contributed by atoms with Crippen LogP contribution in [-0.4, -0.2) is 251 Å². The number of ketones is 6. The Labute approximate surface area is 821 Å². The summed E-state index contributed by atoms with van der Waals surface area (Å²) in [7, 11) is -4.96. The van der Waals surface area contributed by atoms with Gasteiger partial charge < -0.3 is 106 Å². The summed E-state index contributed by atoms with van der Waals surface area (Å²) in [5, 5.41) is 99.2. The average molecular weight is 2010 g/mol. The number of nitrogens with one attached hydrogen (secondary N) is 11. The maximum atomic E-state index is 15.0. The van der Waals surface area contributed by atoms with Gasteiger partial charge in [-0.25, -0.2) is 4.79 Å². The van der Waals surface area contributed by atoms with Crippen molar-refractivity contribution in [2.75, 3.05) is 13.1 Å². The number of Topliss-reactive ketones (excluding diaryl/α,β-unsaturated/α-hetero) is 6. The molecule has 0 saturated carbocycles. The molecule has 17 atom stereocenters. The number of phenols is 1. The predicted molar refractivity (Wildman–Crippen MR) is 512 cm³/mol. The highest BCUT2D eigenvalue weighted by atomic mass is 32.2. The smallest absolute Gasteiger partial charge is 0.333 e. The van der Waals surface area contributed by atoms with Gasteiger partial charge in [-0.2, -0.15) is 8.42 Å². The first kappa shape index (κ1) is 123. The number of amides is 9. The fraction of sp³-hybridized carbons (Fsp3) is 0.653. The molecule has 0 radical (unpaired) electrons. The quantitative estimate of drug-likeness (QED) is 0.0113. The number of unbranched alkanes of at least 4 members (excludes halogenated alkanes) is 4. The molecule has 1 aliphatic heterocycles. The SMILES string of the molecule is CC[C@H](C)[C@H](CC(=O)[C@@H](NC(=O)[C@@H](CC(=O)[C@@H](NC(=O)[C@@H](CC(=O)[C@H](CC(C)C)NC(=O)[C@@H](CC(=O)[C@H](CCCNC(=N)N)NC(=O)[C@H](CC(=O)O)NC(=O)CCCCCCC(=O)ON1C(=O)CC(S(=O)(=O)O)C1=O)CC(C)C)Cc1ccccc1)[C@@H](C)O)C(C)C)[C@@H](C)O)C(=O)N[C@@H](CCC(=O)O)C(=O)C[C@@H](CCCNC(=N)N)C(=O)N[C@@H](Cc1ccc(O)cc1)C(=O)C[C@@H](CCCCC(N)N)C(=O)O. The number of carbonyl (C=O) groups is 19. The van der Waals surface area contributed by atoms with Gasteiger partial charge in [0.1, 0.15) is 23.9 Å².